The zero-order chi connectivity index (χ0) is 12.3. The van der Waals surface area contributed by atoms with Gasteiger partial charge < -0.3 is 5.32 Å². The van der Waals surface area contributed by atoms with E-state index in [2.05, 4.69) is 5.32 Å². The van der Waals surface area contributed by atoms with Crippen molar-refractivity contribution >= 4 is 16.5 Å². The minimum Gasteiger partial charge on any atom is -0.316 e. The van der Waals surface area contributed by atoms with Gasteiger partial charge in [0.2, 0.25) is 0 Å². The van der Waals surface area contributed by atoms with Gasteiger partial charge in [-0.2, -0.15) is 0 Å². The molecule has 0 aliphatic carbocycles. The Morgan fingerprint density at radius 3 is 2.88 bits per heavy atom. The fourth-order valence-electron chi connectivity index (χ4n) is 1.96. The maximum atomic E-state index is 12.1. The van der Waals surface area contributed by atoms with Gasteiger partial charge in [0.25, 0.3) is 5.69 Å². The Morgan fingerprint density at radius 1 is 1.47 bits per heavy atom. The number of para-hydroxylation sites is 1. The van der Waals surface area contributed by atoms with Gasteiger partial charge in [0.1, 0.15) is 4.90 Å². The fraction of sp³-hybridized carbons (Fsp3) is 0.455. The summed E-state index contributed by atoms with van der Waals surface area (Å²) in [6.07, 6.45) is 0.992. The molecule has 1 fully saturated rings. The van der Waals surface area contributed by atoms with Crippen molar-refractivity contribution in [2.75, 3.05) is 18.8 Å². The van der Waals surface area contributed by atoms with E-state index in [9.17, 15) is 14.3 Å². The quantitative estimate of drug-likeness (QED) is 0.649. The lowest BCUT2D eigenvalue weighted by atomic mass is 10.2. The first-order chi connectivity index (χ1) is 8.18. The summed E-state index contributed by atoms with van der Waals surface area (Å²) in [5, 5.41) is 14.0. The SMILES string of the molecule is O=[N+]([O-])c1ccccc1S(=O)CC1CCNC1. The molecule has 1 aliphatic rings. The first kappa shape index (κ1) is 12.2. The van der Waals surface area contributed by atoms with Crippen LogP contribution in [0.3, 0.4) is 0 Å². The number of nitrogens with one attached hydrogen (secondary N) is 1. The summed E-state index contributed by atoms with van der Waals surface area (Å²) < 4.78 is 12.1. The molecule has 2 rings (SSSR count). The summed E-state index contributed by atoms with van der Waals surface area (Å²) in [4.78, 5) is 10.7. The second-order valence-electron chi connectivity index (χ2n) is 4.10. The predicted molar refractivity (Wildman–Crippen MR) is 65.3 cm³/mol. The molecule has 0 bridgehead atoms. The lowest BCUT2D eigenvalue weighted by Gasteiger charge is -2.08. The molecule has 0 saturated carbocycles. The molecule has 2 unspecified atom stereocenters. The average Bonchev–Trinajstić information content (AvgIpc) is 2.81. The van der Waals surface area contributed by atoms with E-state index in [4.69, 9.17) is 0 Å². The summed E-state index contributed by atoms with van der Waals surface area (Å²) in [7, 11) is -1.29. The predicted octanol–water partition coefficient (Wildman–Crippen LogP) is 1.31. The Morgan fingerprint density at radius 2 is 2.24 bits per heavy atom. The maximum Gasteiger partial charge on any atom is 0.285 e. The van der Waals surface area contributed by atoms with E-state index < -0.39 is 15.7 Å². The topological polar surface area (TPSA) is 72.2 Å². The second kappa shape index (κ2) is 5.37. The van der Waals surface area contributed by atoms with Crippen molar-refractivity contribution in [3.05, 3.63) is 34.4 Å². The van der Waals surface area contributed by atoms with Crippen LogP contribution in [0.15, 0.2) is 29.2 Å². The lowest BCUT2D eigenvalue weighted by Crippen LogP contribution is -2.15. The van der Waals surface area contributed by atoms with Crippen molar-refractivity contribution in [2.24, 2.45) is 5.92 Å². The highest BCUT2D eigenvalue weighted by atomic mass is 32.2. The molecule has 1 aliphatic heterocycles. The molecule has 1 saturated heterocycles. The van der Waals surface area contributed by atoms with E-state index in [0.29, 0.717) is 16.6 Å². The third-order valence-corrected chi connectivity index (χ3v) is 4.47. The Balaban J connectivity index is 2.15. The van der Waals surface area contributed by atoms with Crippen LogP contribution in [0.2, 0.25) is 0 Å². The lowest BCUT2D eigenvalue weighted by molar-refractivity contribution is -0.387. The van der Waals surface area contributed by atoms with Crippen molar-refractivity contribution < 1.29 is 9.13 Å². The fourth-order valence-corrected chi connectivity index (χ4v) is 3.46. The van der Waals surface area contributed by atoms with E-state index in [0.717, 1.165) is 19.5 Å². The highest BCUT2D eigenvalue weighted by Crippen LogP contribution is 2.23. The van der Waals surface area contributed by atoms with E-state index in [1.165, 1.54) is 6.07 Å². The molecule has 2 atom stereocenters. The van der Waals surface area contributed by atoms with Crippen LogP contribution in [0.25, 0.3) is 0 Å². The van der Waals surface area contributed by atoms with Gasteiger partial charge in [0.15, 0.2) is 0 Å². The molecule has 0 spiro atoms. The molecule has 0 amide bonds. The van der Waals surface area contributed by atoms with Crippen molar-refractivity contribution in [2.45, 2.75) is 11.3 Å². The Labute approximate surface area is 102 Å². The van der Waals surface area contributed by atoms with Crippen LogP contribution in [0.5, 0.6) is 0 Å². The molecule has 0 radical (unpaired) electrons. The normalized spacial score (nSPS) is 21.3. The second-order valence-corrected chi connectivity index (χ2v) is 5.56. The van der Waals surface area contributed by atoms with Gasteiger partial charge in [-0.05, 0) is 31.5 Å². The molecule has 1 N–H and O–H groups in total. The number of rotatable bonds is 4. The van der Waals surface area contributed by atoms with Crippen molar-refractivity contribution in [3.8, 4) is 0 Å². The number of benzene rings is 1. The van der Waals surface area contributed by atoms with Crippen molar-refractivity contribution in [1.29, 1.82) is 0 Å². The standard InChI is InChI=1S/C11H14N2O3S/c14-13(15)10-3-1-2-4-11(10)17(16)8-9-5-6-12-7-9/h1-4,9,12H,5-8H2. The summed E-state index contributed by atoms with van der Waals surface area (Å²) in [6.45, 7) is 1.80. The van der Waals surface area contributed by atoms with Crippen LogP contribution in [-0.4, -0.2) is 28.0 Å². The van der Waals surface area contributed by atoms with Crippen molar-refractivity contribution in [1.82, 2.24) is 5.32 Å². The Hall–Kier alpha value is -1.27. The number of hydrogen-bond donors (Lipinski definition) is 1. The maximum absolute atomic E-state index is 12.1. The van der Waals surface area contributed by atoms with E-state index in [1.54, 1.807) is 18.2 Å². The average molecular weight is 254 g/mol. The monoisotopic (exact) mass is 254 g/mol. The van der Waals surface area contributed by atoms with E-state index >= 15 is 0 Å². The molecule has 5 nitrogen and oxygen atoms in total. The third-order valence-electron chi connectivity index (χ3n) is 2.86. The summed E-state index contributed by atoms with van der Waals surface area (Å²) in [5.74, 6) is 0.855. The minimum atomic E-state index is -1.29. The molecule has 17 heavy (non-hydrogen) atoms. The van der Waals surface area contributed by atoms with Crippen LogP contribution in [-0.2, 0) is 10.8 Å². The van der Waals surface area contributed by atoms with Gasteiger partial charge >= 0.3 is 0 Å². The zero-order valence-electron chi connectivity index (χ0n) is 9.30. The smallest absolute Gasteiger partial charge is 0.285 e. The highest BCUT2D eigenvalue weighted by Gasteiger charge is 2.22. The molecule has 0 aromatic heterocycles. The molecular weight excluding hydrogens is 240 g/mol. The van der Waals surface area contributed by atoms with Crippen LogP contribution < -0.4 is 5.32 Å². The van der Waals surface area contributed by atoms with E-state index in [-0.39, 0.29) is 5.69 Å². The number of hydrogen-bond acceptors (Lipinski definition) is 4. The highest BCUT2D eigenvalue weighted by molar-refractivity contribution is 7.85. The van der Waals surface area contributed by atoms with Crippen molar-refractivity contribution in [3.63, 3.8) is 0 Å². The van der Waals surface area contributed by atoms with Gasteiger partial charge in [0.05, 0.1) is 15.7 Å². The number of nitrogens with zero attached hydrogens (tertiary/aromatic N) is 1. The molecule has 6 heteroatoms. The molecule has 92 valence electrons. The Bertz CT molecular complexity index is 444. The minimum absolute atomic E-state index is 0.0446. The zero-order valence-corrected chi connectivity index (χ0v) is 10.1. The number of nitro groups is 1. The molecule has 1 aromatic rings. The summed E-state index contributed by atoms with van der Waals surface area (Å²) in [6, 6.07) is 6.26. The van der Waals surface area contributed by atoms with Gasteiger partial charge in [-0.15, -0.1) is 0 Å². The van der Waals surface area contributed by atoms with Crippen LogP contribution in [0, 0.1) is 16.0 Å². The van der Waals surface area contributed by atoms with Gasteiger partial charge in [0, 0.05) is 11.8 Å². The first-order valence-electron chi connectivity index (χ1n) is 5.51. The van der Waals surface area contributed by atoms with Gasteiger partial charge in [-0.3, -0.25) is 14.3 Å². The largest absolute Gasteiger partial charge is 0.316 e. The molecular formula is C11H14N2O3S. The van der Waals surface area contributed by atoms with Crippen LogP contribution >= 0.6 is 0 Å². The Kier molecular flexibility index (Phi) is 3.86. The molecule has 1 heterocycles. The van der Waals surface area contributed by atoms with Gasteiger partial charge in [-0.1, -0.05) is 12.1 Å². The van der Waals surface area contributed by atoms with Crippen LogP contribution in [0.1, 0.15) is 6.42 Å². The third kappa shape index (κ3) is 2.89. The summed E-state index contributed by atoms with van der Waals surface area (Å²) in [5.41, 5.74) is -0.0446. The molecule has 1 aromatic carbocycles. The van der Waals surface area contributed by atoms with Crippen LogP contribution in [0.4, 0.5) is 5.69 Å². The summed E-state index contributed by atoms with van der Waals surface area (Å²) >= 11 is 0. The van der Waals surface area contributed by atoms with E-state index in [1.807, 2.05) is 0 Å². The van der Waals surface area contributed by atoms with Gasteiger partial charge in [-0.25, -0.2) is 0 Å². The first-order valence-corrected chi connectivity index (χ1v) is 6.83. The number of nitro benzene ring substituents is 1.